The molecule has 0 saturated heterocycles. The van der Waals surface area contributed by atoms with Crippen LogP contribution in [0.4, 0.5) is 4.39 Å². The van der Waals surface area contributed by atoms with Crippen molar-refractivity contribution in [3.05, 3.63) is 54.3 Å². The van der Waals surface area contributed by atoms with Gasteiger partial charge in [-0.15, -0.1) is 11.8 Å². The Kier molecular flexibility index (Phi) is 3.76. The zero-order chi connectivity index (χ0) is 13.9. The molecule has 4 heteroatoms. The first-order valence-electron chi connectivity index (χ1n) is 6.58. The summed E-state index contributed by atoms with van der Waals surface area (Å²) < 4.78 is 13.1. The zero-order valence-corrected chi connectivity index (χ0v) is 11.8. The monoisotopic (exact) mass is 287 g/mol. The number of aromatic amines is 1. The van der Waals surface area contributed by atoms with Crippen LogP contribution in [0.25, 0.3) is 22.2 Å². The van der Waals surface area contributed by atoms with E-state index in [2.05, 4.69) is 22.9 Å². The van der Waals surface area contributed by atoms with Crippen LogP contribution in [0.5, 0.6) is 0 Å². The minimum absolute atomic E-state index is 0.211. The van der Waals surface area contributed by atoms with Crippen LogP contribution < -0.4 is 5.73 Å². The number of H-pyrrole nitrogens is 1. The van der Waals surface area contributed by atoms with E-state index in [-0.39, 0.29) is 5.82 Å². The van der Waals surface area contributed by atoms with Gasteiger partial charge in [-0.2, -0.15) is 0 Å². The Labute approximate surface area is 121 Å². The molecule has 20 heavy (non-hydrogen) atoms. The minimum Gasteiger partial charge on any atom is -0.357 e. The van der Waals surface area contributed by atoms with Crippen molar-refractivity contribution in [1.29, 1.82) is 0 Å². The molecule has 0 aliphatic rings. The Hall–Kier alpha value is -1.78. The van der Waals surface area contributed by atoms with Crippen LogP contribution in [0.1, 0.15) is 0 Å². The van der Waals surface area contributed by atoms with Crippen LogP contribution in [0, 0.1) is 5.82 Å². The quantitative estimate of drug-likeness (QED) is 0.710. The highest BCUT2D eigenvalue weighted by molar-refractivity contribution is 7.99. The summed E-state index contributed by atoms with van der Waals surface area (Å²) in [4.78, 5) is 4.66. The molecule has 4 N–H and O–H groups in total. The second kappa shape index (κ2) is 5.69. The third kappa shape index (κ3) is 2.44. The molecule has 0 unspecified atom stereocenters. The average molecular weight is 287 g/mol. The van der Waals surface area contributed by atoms with E-state index in [1.807, 2.05) is 24.3 Å². The largest absolute Gasteiger partial charge is 0.357 e. The van der Waals surface area contributed by atoms with Crippen LogP contribution in [0.2, 0.25) is 0 Å². The molecular formula is C16H16FN2S+. The minimum atomic E-state index is -0.211. The number of benzene rings is 2. The van der Waals surface area contributed by atoms with Crippen LogP contribution in [0.3, 0.4) is 0 Å². The number of aromatic nitrogens is 1. The summed E-state index contributed by atoms with van der Waals surface area (Å²) in [5, 5.41) is 1.21. The molecule has 0 atom stereocenters. The highest BCUT2D eigenvalue weighted by Gasteiger charge is 2.13. The van der Waals surface area contributed by atoms with Gasteiger partial charge in [0.1, 0.15) is 5.82 Å². The van der Waals surface area contributed by atoms with Crippen LogP contribution in [0.15, 0.2) is 53.4 Å². The Bertz CT molecular complexity index is 719. The second-order valence-corrected chi connectivity index (χ2v) is 5.69. The van der Waals surface area contributed by atoms with Gasteiger partial charge in [-0.1, -0.05) is 18.2 Å². The van der Waals surface area contributed by atoms with Gasteiger partial charge < -0.3 is 10.7 Å². The molecule has 0 fully saturated rings. The maximum atomic E-state index is 13.1. The van der Waals surface area contributed by atoms with Crippen molar-refractivity contribution in [3.63, 3.8) is 0 Å². The van der Waals surface area contributed by atoms with Gasteiger partial charge in [-0.05, 0) is 35.9 Å². The smallest absolute Gasteiger partial charge is 0.123 e. The molecule has 2 nitrogen and oxygen atoms in total. The predicted octanol–water partition coefficient (Wildman–Crippen LogP) is 3.31. The van der Waals surface area contributed by atoms with Gasteiger partial charge in [0.25, 0.3) is 0 Å². The van der Waals surface area contributed by atoms with Crippen LogP contribution in [-0.4, -0.2) is 17.3 Å². The van der Waals surface area contributed by atoms with Crippen molar-refractivity contribution in [1.82, 2.24) is 4.98 Å². The van der Waals surface area contributed by atoms with Crippen molar-refractivity contribution in [2.45, 2.75) is 4.90 Å². The van der Waals surface area contributed by atoms with Crippen molar-refractivity contribution < 1.29 is 10.1 Å². The fourth-order valence-corrected chi connectivity index (χ4v) is 3.26. The predicted molar refractivity (Wildman–Crippen MR) is 82.2 cm³/mol. The summed E-state index contributed by atoms with van der Waals surface area (Å²) in [6, 6.07) is 14.9. The molecule has 0 radical (unpaired) electrons. The maximum absolute atomic E-state index is 13.1. The maximum Gasteiger partial charge on any atom is 0.123 e. The third-order valence-electron chi connectivity index (χ3n) is 3.18. The molecule has 1 aromatic heterocycles. The normalized spacial score (nSPS) is 11.1. The molecule has 3 aromatic rings. The zero-order valence-electron chi connectivity index (χ0n) is 11.0. The molecule has 0 aliphatic heterocycles. The lowest BCUT2D eigenvalue weighted by Gasteiger charge is -2.03. The first-order chi connectivity index (χ1) is 9.79. The van der Waals surface area contributed by atoms with Gasteiger partial charge in [0, 0.05) is 21.6 Å². The number of quaternary nitrogens is 1. The van der Waals surface area contributed by atoms with E-state index < -0.39 is 0 Å². The van der Waals surface area contributed by atoms with E-state index in [0.29, 0.717) is 0 Å². The average Bonchev–Trinajstić information content (AvgIpc) is 2.84. The molecule has 0 bridgehead atoms. The van der Waals surface area contributed by atoms with Gasteiger partial charge in [0.2, 0.25) is 0 Å². The standard InChI is InChI=1S/C16H15FN2S/c17-12-7-5-11(6-8-12)15-16(20-10-9-18)13-3-1-2-4-14(13)19-15/h1-8,19H,9-10,18H2/p+1. The number of thioether (sulfide) groups is 1. The van der Waals surface area contributed by atoms with Gasteiger partial charge in [0.05, 0.1) is 12.2 Å². The van der Waals surface area contributed by atoms with Crippen molar-refractivity contribution in [2.75, 3.05) is 12.3 Å². The van der Waals surface area contributed by atoms with Gasteiger partial charge in [-0.3, -0.25) is 0 Å². The fourth-order valence-electron chi connectivity index (χ4n) is 2.26. The van der Waals surface area contributed by atoms with Crippen LogP contribution in [-0.2, 0) is 0 Å². The molecule has 1 heterocycles. The summed E-state index contributed by atoms with van der Waals surface area (Å²) in [6.45, 7) is 0.882. The van der Waals surface area contributed by atoms with Crippen molar-refractivity contribution >= 4 is 22.7 Å². The molecule has 0 aliphatic carbocycles. The van der Waals surface area contributed by atoms with Gasteiger partial charge in [-0.25, -0.2) is 4.39 Å². The van der Waals surface area contributed by atoms with E-state index in [1.54, 1.807) is 11.8 Å². The number of para-hydroxylation sites is 1. The Morgan fingerprint density at radius 1 is 1.05 bits per heavy atom. The SMILES string of the molecule is [NH3+]CCSc1c(-c2ccc(F)cc2)[nH]c2ccccc12. The number of halogens is 1. The lowest BCUT2D eigenvalue weighted by Crippen LogP contribution is -2.51. The molecular weight excluding hydrogens is 271 g/mol. The second-order valence-electron chi connectivity index (χ2n) is 4.58. The summed E-state index contributed by atoms with van der Waals surface area (Å²) in [5.41, 5.74) is 7.08. The molecule has 2 aromatic carbocycles. The molecule has 102 valence electrons. The van der Waals surface area contributed by atoms with Crippen molar-refractivity contribution in [3.8, 4) is 11.3 Å². The summed E-state index contributed by atoms with van der Waals surface area (Å²) in [5.74, 6) is 0.757. The molecule has 3 rings (SSSR count). The fraction of sp³-hybridized carbons (Fsp3) is 0.125. The Morgan fingerprint density at radius 3 is 2.55 bits per heavy atom. The van der Waals surface area contributed by atoms with E-state index in [4.69, 9.17) is 0 Å². The first kappa shape index (κ1) is 13.2. The Balaban J connectivity index is 2.15. The number of fused-ring (bicyclic) bond motifs is 1. The summed E-state index contributed by atoms with van der Waals surface area (Å²) >= 11 is 1.79. The van der Waals surface area contributed by atoms with Crippen LogP contribution >= 0.6 is 11.8 Å². The van der Waals surface area contributed by atoms with E-state index >= 15 is 0 Å². The van der Waals surface area contributed by atoms with Gasteiger partial charge in [0.15, 0.2) is 0 Å². The topological polar surface area (TPSA) is 43.4 Å². The highest BCUT2D eigenvalue weighted by atomic mass is 32.2. The lowest BCUT2D eigenvalue weighted by atomic mass is 10.1. The summed E-state index contributed by atoms with van der Waals surface area (Å²) in [7, 11) is 0. The highest BCUT2D eigenvalue weighted by Crippen LogP contribution is 2.37. The number of hydrogen-bond donors (Lipinski definition) is 2. The van der Waals surface area contributed by atoms with E-state index in [1.165, 1.54) is 22.4 Å². The van der Waals surface area contributed by atoms with E-state index in [0.717, 1.165) is 29.1 Å². The molecule has 0 amide bonds. The number of hydrogen-bond acceptors (Lipinski definition) is 1. The third-order valence-corrected chi connectivity index (χ3v) is 4.39. The van der Waals surface area contributed by atoms with Gasteiger partial charge >= 0.3 is 0 Å². The first-order valence-corrected chi connectivity index (χ1v) is 7.57. The summed E-state index contributed by atoms with van der Waals surface area (Å²) in [6.07, 6.45) is 0. The lowest BCUT2D eigenvalue weighted by molar-refractivity contribution is -0.360. The number of nitrogens with one attached hydrogen (secondary N) is 1. The Morgan fingerprint density at radius 2 is 1.80 bits per heavy atom. The molecule has 0 spiro atoms. The number of rotatable bonds is 4. The van der Waals surface area contributed by atoms with E-state index in [9.17, 15) is 4.39 Å². The molecule has 0 saturated carbocycles. The van der Waals surface area contributed by atoms with Crippen molar-refractivity contribution in [2.24, 2.45) is 0 Å².